The van der Waals surface area contributed by atoms with Crippen molar-refractivity contribution >= 4 is 28.7 Å². The molecule has 1 aromatic heterocycles. The fraction of sp³-hybridized carbons (Fsp3) is 0.304. The van der Waals surface area contributed by atoms with E-state index in [4.69, 9.17) is 0 Å². The van der Waals surface area contributed by atoms with Crippen LogP contribution in [0.4, 0.5) is 5.69 Å². The van der Waals surface area contributed by atoms with Gasteiger partial charge in [0.05, 0.1) is 6.21 Å². The summed E-state index contributed by atoms with van der Waals surface area (Å²) < 4.78 is 0. The predicted octanol–water partition coefficient (Wildman–Crippen LogP) is 4.12. The second kappa shape index (κ2) is 7.50. The van der Waals surface area contributed by atoms with Gasteiger partial charge in [-0.15, -0.1) is 0 Å². The number of nitrogens with one attached hydrogen (secondary N) is 2. The summed E-state index contributed by atoms with van der Waals surface area (Å²) in [5.41, 5.74) is 9.14. The van der Waals surface area contributed by atoms with Crippen LogP contribution < -0.4 is 10.3 Å². The molecule has 2 aromatic carbocycles. The number of hydrazone groups is 1. The van der Waals surface area contributed by atoms with Crippen molar-refractivity contribution in [1.82, 2.24) is 10.4 Å². The molecule has 0 saturated carbocycles. The summed E-state index contributed by atoms with van der Waals surface area (Å²) in [4.78, 5) is 18.1. The molecule has 0 saturated heterocycles. The van der Waals surface area contributed by atoms with E-state index in [0.29, 0.717) is 11.5 Å². The maximum atomic E-state index is 12.5. The molecule has 0 fully saturated rings. The predicted molar refractivity (Wildman–Crippen MR) is 115 cm³/mol. The van der Waals surface area contributed by atoms with Crippen LogP contribution in [0.15, 0.2) is 47.6 Å². The van der Waals surface area contributed by atoms with Crippen LogP contribution in [0.5, 0.6) is 0 Å². The number of aromatic amines is 1. The number of carbonyl (C=O) groups excluding carboxylic acids is 1. The van der Waals surface area contributed by atoms with E-state index in [1.54, 1.807) is 6.21 Å². The minimum Gasteiger partial charge on any atom is -0.378 e. The highest BCUT2D eigenvalue weighted by molar-refractivity contribution is 5.99. The van der Waals surface area contributed by atoms with E-state index < -0.39 is 0 Å². The monoisotopic (exact) mass is 374 g/mol. The van der Waals surface area contributed by atoms with Gasteiger partial charge in [0, 0.05) is 41.9 Å². The first-order valence-corrected chi connectivity index (χ1v) is 9.75. The van der Waals surface area contributed by atoms with Gasteiger partial charge in [-0.3, -0.25) is 4.79 Å². The largest absolute Gasteiger partial charge is 0.378 e. The van der Waals surface area contributed by atoms with Crippen molar-refractivity contribution in [2.75, 3.05) is 19.0 Å². The summed E-state index contributed by atoms with van der Waals surface area (Å²) in [6.07, 6.45) is 5.04. The SMILES string of the molecule is CC1CCc2[nH]c3ccc(C(=O)N/N=C\c4ccc(N(C)C)cc4)cc3c2C1. The van der Waals surface area contributed by atoms with Crippen LogP contribution in [-0.4, -0.2) is 31.2 Å². The van der Waals surface area contributed by atoms with E-state index in [9.17, 15) is 4.79 Å². The Morgan fingerprint density at radius 1 is 1.21 bits per heavy atom. The zero-order chi connectivity index (χ0) is 19.7. The van der Waals surface area contributed by atoms with Gasteiger partial charge in [-0.2, -0.15) is 5.10 Å². The van der Waals surface area contributed by atoms with E-state index in [0.717, 1.165) is 35.0 Å². The van der Waals surface area contributed by atoms with Crippen molar-refractivity contribution in [3.05, 3.63) is 64.8 Å². The normalized spacial score (nSPS) is 16.3. The van der Waals surface area contributed by atoms with Gasteiger partial charge >= 0.3 is 0 Å². The van der Waals surface area contributed by atoms with E-state index in [1.807, 2.05) is 61.5 Å². The molecule has 144 valence electrons. The second-order valence-corrected chi connectivity index (χ2v) is 7.88. The fourth-order valence-corrected chi connectivity index (χ4v) is 3.82. The number of aryl methyl sites for hydroxylation is 1. The molecule has 0 aliphatic heterocycles. The van der Waals surface area contributed by atoms with Crippen molar-refractivity contribution < 1.29 is 4.79 Å². The molecule has 5 nitrogen and oxygen atoms in total. The number of aromatic nitrogens is 1. The number of fused-ring (bicyclic) bond motifs is 3. The molecule has 28 heavy (non-hydrogen) atoms. The van der Waals surface area contributed by atoms with Crippen LogP contribution in [0.25, 0.3) is 10.9 Å². The number of H-pyrrole nitrogens is 1. The first-order valence-electron chi connectivity index (χ1n) is 9.75. The molecule has 1 aliphatic rings. The van der Waals surface area contributed by atoms with Crippen molar-refractivity contribution in [1.29, 1.82) is 0 Å². The van der Waals surface area contributed by atoms with E-state index in [1.165, 1.54) is 17.7 Å². The summed E-state index contributed by atoms with van der Waals surface area (Å²) in [5.74, 6) is 0.495. The molecular formula is C23H26N4O. The molecule has 0 spiro atoms. The quantitative estimate of drug-likeness (QED) is 0.533. The summed E-state index contributed by atoms with van der Waals surface area (Å²) in [6.45, 7) is 2.29. The van der Waals surface area contributed by atoms with E-state index in [-0.39, 0.29) is 5.91 Å². The van der Waals surface area contributed by atoms with Crippen LogP contribution in [-0.2, 0) is 12.8 Å². The Morgan fingerprint density at radius 2 is 2.00 bits per heavy atom. The van der Waals surface area contributed by atoms with Gasteiger partial charge in [-0.25, -0.2) is 5.43 Å². The number of carbonyl (C=O) groups is 1. The van der Waals surface area contributed by atoms with Crippen LogP contribution in [0.1, 0.15) is 40.5 Å². The van der Waals surface area contributed by atoms with Gasteiger partial charge in [0.1, 0.15) is 0 Å². The summed E-state index contributed by atoms with van der Waals surface area (Å²) in [7, 11) is 4.00. The third-order valence-electron chi connectivity index (χ3n) is 5.49. The fourth-order valence-electron chi connectivity index (χ4n) is 3.82. The number of nitrogens with zero attached hydrogens (tertiary/aromatic N) is 2. The average molecular weight is 374 g/mol. The number of rotatable bonds is 4. The van der Waals surface area contributed by atoms with Crippen LogP contribution >= 0.6 is 0 Å². The molecule has 0 radical (unpaired) electrons. The molecule has 1 amide bonds. The van der Waals surface area contributed by atoms with Crippen LogP contribution in [0.2, 0.25) is 0 Å². The lowest BCUT2D eigenvalue weighted by atomic mass is 9.87. The molecule has 0 bridgehead atoms. The minimum absolute atomic E-state index is 0.193. The second-order valence-electron chi connectivity index (χ2n) is 7.88. The van der Waals surface area contributed by atoms with Crippen LogP contribution in [0.3, 0.4) is 0 Å². The molecule has 3 aromatic rings. The van der Waals surface area contributed by atoms with E-state index in [2.05, 4.69) is 22.4 Å². The molecule has 4 rings (SSSR count). The molecule has 1 atom stereocenters. The Kier molecular flexibility index (Phi) is 4.90. The summed E-state index contributed by atoms with van der Waals surface area (Å²) in [6, 6.07) is 13.8. The molecule has 1 heterocycles. The standard InChI is InChI=1S/C23H26N4O/c1-15-4-10-21-19(12-15)20-13-17(7-11-22(20)25-21)23(28)26-24-14-16-5-8-18(9-6-16)27(2)3/h5-9,11,13-15,25H,4,10,12H2,1-3H3,(H,26,28)/b24-14-. The maximum absolute atomic E-state index is 12.5. The average Bonchev–Trinajstić information content (AvgIpc) is 3.05. The van der Waals surface area contributed by atoms with E-state index >= 15 is 0 Å². The molecular weight excluding hydrogens is 348 g/mol. The van der Waals surface area contributed by atoms with Crippen molar-refractivity contribution in [3.8, 4) is 0 Å². The van der Waals surface area contributed by atoms with Gasteiger partial charge in [0.2, 0.25) is 0 Å². The van der Waals surface area contributed by atoms with Crippen molar-refractivity contribution in [2.24, 2.45) is 11.0 Å². The summed E-state index contributed by atoms with van der Waals surface area (Å²) >= 11 is 0. The Bertz CT molecular complexity index is 1030. The lowest BCUT2D eigenvalue weighted by Crippen LogP contribution is -2.17. The summed E-state index contributed by atoms with van der Waals surface area (Å²) in [5, 5.41) is 5.28. The molecule has 5 heteroatoms. The third-order valence-corrected chi connectivity index (χ3v) is 5.49. The highest BCUT2D eigenvalue weighted by Crippen LogP contribution is 2.32. The van der Waals surface area contributed by atoms with Gasteiger partial charge in [0.25, 0.3) is 5.91 Å². The lowest BCUT2D eigenvalue weighted by Gasteiger charge is -2.18. The zero-order valence-corrected chi connectivity index (χ0v) is 16.6. The number of amides is 1. The number of anilines is 1. The van der Waals surface area contributed by atoms with Crippen molar-refractivity contribution in [2.45, 2.75) is 26.2 Å². The first-order chi connectivity index (χ1) is 13.5. The Morgan fingerprint density at radius 3 is 2.75 bits per heavy atom. The third kappa shape index (κ3) is 3.65. The minimum atomic E-state index is -0.193. The molecule has 1 aliphatic carbocycles. The Hall–Kier alpha value is -3.08. The highest BCUT2D eigenvalue weighted by atomic mass is 16.2. The van der Waals surface area contributed by atoms with Gasteiger partial charge in [-0.05, 0) is 66.6 Å². The smallest absolute Gasteiger partial charge is 0.271 e. The topological polar surface area (TPSA) is 60.5 Å². The van der Waals surface area contributed by atoms with Gasteiger partial charge < -0.3 is 9.88 Å². The first kappa shape index (κ1) is 18.3. The maximum Gasteiger partial charge on any atom is 0.271 e. The molecule has 2 N–H and O–H groups in total. The number of benzene rings is 2. The number of hydrogen-bond donors (Lipinski definition) is 2. The highest BCUT2D eigenvalue weighted by Gasteiger charge is 2.20. The zero-order valence-electron chi connectivity index (χ0n) is 16.6. The number of hydrogen-bond acceptors (Lipinski definition) is 3. The Balaban J connectivity index is 1.48. The van der Waals surface area contributed by atoms with Crippen LogP contribution in [0, 0.1) is 5.92 Å². The van der Waals surface area contributed by atoms with Gasteiger partial charge in [-0.1, -0.05) is 19.1 Å². The Labute approximate surface area is 165 Å². The van der Waals surface area contributed by atoms with Gasteiger partial charge in [0.15, 0.2) is 0 Å². The lowest BCUT2D eigenvalue weighted by molar-refractivity contribution is 0.0955. The molecule has 1 unspecified atom stereocenters. The van der Waals surface area contributed by atoms with Crippen molar-refractivity contribution in [3.63, 3.8) is 0 Å².